The first-order chi connectivity index (χ1) is 15.1. The van der Waals surface area contributed by atoms with Crippen molar-refractivity contribution >= 4 is 11.8 Å². The lowest BCUT2D eigenvalue weighted by Gasteiger charge is -2.37. The number of ether oxygens (including phenoxy) is 4. The van der Waals surface area contributed by atoms with Gasteiger partial charge in [0.05, 0.1) is 17.8 Å². The number of ketones is 1. The Morgan fingerprint density at radius 2 is 2.12 bits per heavy atom. The van der Waals surface area contributed by atoms with Crippen LogP contribution in [0.2, 0.25) is 0 Å². The Morgan fingerprint density at radius 3 is 2.75 bits per heavy atom. The van der Waals surface area contributed by atoms with Gasteiger partial charge in [-0.15, -0.1) is 6.58 Å². The predicted octanol–water partition coefficient (Wildman–Crippen LogP) is 0.834. The molecule has 0 aromatic carbocycles. The van der Waals surface area contributed by atoms with Gasteiger partial charge in [0.25, 0.3) is 0 Å². The minimum Gasteiger partial charge on any atom is -0.463 e. The van der Waals surface area contributed by atoms with Gasteiger partial charge in [-0.05, 0) is 31.9 Å². The van der Waals surface area contributed by atoms with Crippen molar-refractivity contribution in [2.45, 2.75) is 94.8 Å². The van der Waals surface area contributed by atoms with Crippen LogP contribution in [-0.4, -0.2) is 88.6 Å². The van der Waals surface area contributed by atoms with E-state index in [0.29, 0.717) is 13.0 Å². The Kier molecular flexibility index (Phi) is 10.00. The number of rotatable bonds is 12. The van der Waals surface area contributed by atoms with Gasteiger partial charge < -0.3 is 34.3 Å². The third kappa shape index (κ3) is 6.94. The van der Waals surface area contributed by atoms with Crippen LogP contribution in [0.25, 0.3) is 0 Å². The maximum Gasteiger partial charge on any atom is 0.302 e. The molecule has 3 N–H and O–H groups in total. The van der Waals surface area contributed by atoms with E-state index in [2.05, 4.69) is 6.58 Å². The fourth-order valence-corrected chi connectivity index (χ4v) is 3.91. The Hall–Kier alpha value is -1.62. The lowest BCUT2D eigenvalue weighted by Crippen LogP contribution is -2.53. The Morgan fingerprint density at radius 1 is 1.41 bits per heavy atom. The molecular formula is C23H36O9. The van der Waals surface area contributed by atoms with E-state index < -0.39 is 60.1 Å². The molecular weight excluding hydrogens is 420 g/mol. The third-order valence-electron chi connectivity index (χ3n) is 5.64. The molecule has 0 unspecified atom stereocenters. The molecule has 9 heteroatoms. The molecule has 2 aliphatic heterocycles. The van der Waals surface area contributed by atoms with Crippen molar-refractivity contribution < 1.29 is 43.9 Å². The average Bonchev–Trinajstić information content (AvgIpc) is 3.03. The molecule has 9 nitrogen and oxygen atoms in total. The van der Waals surface area contributed by atoms with Crippen LogP contribution >= 0.6 is 0 Å². The SMILES string of the molecule is C=CC[C@]1(C)C=CC(=O)[C@@H]([C@@H](O)[C@@H]2O[C@H](C[C@@H](O)COC(C)=O)[C@H](OCCCC)[C@@H]2O)O1. The molecule has 8 atom stereocenters. The van der Waals surface area contributed by atoms with Crippen molar-refractivity contribution in [3.63, 3.8) is 0 Å². The molecule has 2 aliphatic rings. The molecule has 32 heavy (non-hydrogen) atoms. The summed E-state index contributed by atoms with van der Waals surface area (Å²) in [7, 11) is 0. The summed E-state index contributed by atoms with van der Waals surface area (Å²) in [5.74, 6) is -0.958. The second-order valence-corrected chi connectivity index (χ2v) is 8.58. The Bertz CT molecular complexity index is 678. The molecule has 0 radical (unpaired) electrons. The monoisotopic (exact) mass is 456 g/mol. The fourth-order valence-electron chi connectivity index (χ4n) is 3.91. The molecule has 0 saturated carbocycles. The Balaban J connectivity index is 2.14. The second-order valence-electron chi connectivity index (χ2n) is 8.58. The standard InChI is InChI=1S/C23H36O9/c1-5-7-11-29-21-17(12-15(25)13-30-14(3)24)31-22(19(21)28)18(27)20-16(26)8-10-23(4,32-20)9-6-2/h6,8,10,15,17-22,25,27-28H,2,5,7,9,11-13H2,1,3-4H3/t15-,17-,18-,19+,20+,21+,22+,23-/m1/s1. The van der Waals surface area contributed by atoms with Crippen molar-refractivity contribution in [1.82, 2.24) is 0 Å². The Labute approximate surface area is 189 Å². The van der Waals surface area contributed by atoms with Crippen LogP contribution in [0.4, 0.5) is 0 Å². The molecule has 182 valence electrons. The molecule has 0 aromatic rings. The summed E-state index contributed by atoms with van der Waals surface area (Å²) in [4.78, 5) is 23.4. The van der Waals surface area contributed by atoms with Gasteiger partial charge in [-0.3, -0.25) is 9.59 Å². The zero-order chi connectivity index (χ0) is 23.9. The van der Waals surface area contributed by atoms with Crippen LogP contribution < -0.4 is 0 Å². The smallest absolute Gasteiger partial charge is 0.302 e. The first-order valence-corrected chi connectivity index (χ1v) is 11.1. The van der Waals surface area contributed by atoms with Crippen molar-refractivity contribution in [2.75, 3.05) is 13.2 Å². The zero-order valence-corrected chi connectivity index (χ0v) is 19.0. The van der Waals surface area contributed by atoms with E-state index in [1.165, 1.54) is 13.0 Å². The van der Waals surface area contributed by atoms with E-state index in [9.17, 15) is 24.9 Å². The largest absolute Gasteiger partial charge is 0.463 e. The molecule has 0 aromatic heterocycles. The maximum absolute atomic E-state index is 12.4. The normalized spacial score (nSPS) is 34.3. The van der Waals surface area contributed by atoms with Crippen molar-refractivity contribution in [1.29, 1.82) is 0 Å². The average molecular weight is 457 g/mol. The summed E-state index contributed by atoms with van der Waals surface area (Å²) in [5.41, 5.74) is -0.818. The van der Waals surface area contributed by atoms with E-state index in [0.717, 1.165) is 12.8 Å². The van der Waals surface area contributed by atoms with Crippen molar-refractivity contribution in [3.8, 4) is 0 Å². The van der Waals surface area contributed by atoms with Gasteiger partial charge >= 0.3 is 5.97 Å². The molecule has 0 spiro atoms. The van der Waals surface area contributed by atoms with Crippen LogP contribution in [0.3, 0.4) is 0 Å². The van der Waals surface area contributed by atoms with Gasteiger partial charge in [0, 0.05) is 20.0 Å². The van der Waals surface area contributed by atoms with E-state index >= 15 is 0 Å². The lowest BCUT2D eigenvalue weighted by atomic mass is 9.91. The number of esters is 1. The van der Waals surface area contributed by atoms with Crippen LogP contribution in [0, 0.1) is 0 Å². The third-order valence-corrected chi connectivity index (χ3v) is 5.64. The molecule has 2 rings (SSSR count). The molecule has 1 fully saturated rings. The summed E-state index contributed by atoms with van der Waals surface area (Å²) in [6, 6.07) is 0. The van der Waals surface area contributed by atoms with Gasteiger partial charge in [-0.25, -0.2) is 0 Å². The highest BCUT2D eigenvalue weighted by Gasteiger charge is 2.52. The minimum atomic E-state index is -1.46. The number of unbranched alkanes of at least 4 members (excludes halogenated alkanes) is 1. The number of hydrogen-bond donors (Lipinski definition) is 3. The van der Waals surface area contributed by atoms with Gasteiger partial charge in [-0.1, -0.05) is 19.4 Å². The first-order valence-electron chi connectivity index (χ1n) is 11.1. The molecule has 0 aliphatic carbocycles. The van der Waals surface area contributed by atoms with Crippen LogP contribution in [0.5, 0.6) is 0 Å². The maximum atomic E-state index is 12.4. The summed E-state index contributed by atoms with van der Waals surface area (Å²) in [6.07, 6.45) is -1.04. The topological polar surface area (TPSA) is 132 Å². The molecule has 1 saturated heterocycles. The lowest BCUT2D eigenvalue weighted by molar-refractivity contribution is -0.172. The molecule has 0 bridgehead atoms. The number of carbonyl (C=O) groups excluding carboxylic acids is 2. The van der Waals surface area contributed by atoms with Gasteiger partial charge in [-0.2, -0.15) is 0 Å². The summed E-state index contributed by atoms with van der Waals surface area (Å²) >= 11 is 0. The van der Waals surface area contributed by atoms with E-state index in [1.807, 2.05) is 6.92 Å². The van der Waals surface area contributed by atoms with E-state index in [1.54, 1.807) is 19.1 Å². The quantitative estimate of drug-likeness (QED) is 0.222. The van der Waals surface area contributed by atoms with Gasteiger partial charge in [0.15, 0.2) is 5.78 Å². The zero-order valence-electron chi connectivity index (χ0n) is 19.0. The van der Waals surface area contributed by atoms with Gasteiger partial charge in [0.1, 0.15) is 37.1 Å². The highest BCUT2D eigenvalue weighted by molar-refractivity contribution is 5.95. The summed E-state index contributed by atoms with van der Waals surface area (Å²) in [6.45, 7) is 8.83. The highest BCUT2D eigenvalue weighted by Crippen LogP contribution is 2.34. The number of hydrogen-bond acceptors (Lipinski definition) is 9. The summed E-state index contributed by atoms with van der Waals surface area (Å²) in [5, 5.41) is 32.1. The molecule has 0 amide bonds. The van der Waals surface area contributed by atoms with Crippen molar-refractivity contribution in [3.05, 3.63) is 24.8 Å². The van der Waals surface area contributed by atoms with Crippen LogP contribution in [0.15, 0.2) is 24.8 Å². The van der Waals surface area contributed by atoms with E-state index in [-0.39, 0.29) is 13.0 Å². The summed E-state index contributed by atoms with van der Waals surface area (Å²) < 4.78 is 22.4. The van der Waals surface area contributed by atoms with E-state index in [4.69, 9.17) is 18.9 Å². The number of aliphatic hydroxyl groups excluding tert-OH is 3. The number of aliphatic hydroxyl groups is 3. The van der Waals surface area contributed by atoms with Crippen LogP contribution in [-0.2, 0) is 28.5 Å². The first kappa shape index (κ1) is 26.6. The van der Waals surface area contributed by atoms with Gasteiger partial charge in [0.2, 0.25) is 0 Å². The highest BCUT2D eigenvalue weighted by atomic mass is 16.6. The second kappa shape index (κ2) is 12.0. The predicted molar refractivity (Wildman–Crippen MR) is 115 cm³/mol. The molecule has 2 heterocycles. The van der Waals surface area contributed by atoms with Crippen LogP contribution in [0.1, 0.15) is 46.5 Å². The van der Waals surface area contributed by atoms with Crippen molar-refractivity contribution in [2.24, 2.45) is 0 Å². The number of carbonyl (C=O) groups is 2. The minimum absolute atomic E-state index is 0.0118. The fraction of sp³-hybridized carbons (Fsp3) is 0.739.